The summed E-state index contributed by atoms with van der Waals surface area (Å²) in [6.45, 7) is 2.68. The first-order valence-electron chi connectivity index (χ1n) is 7.32. The summed E-state index contributed by atoms with van der Waals surface area (Å²) in [5.41, 5.74) is 0. The van der Waals surface area contributed by atoms with Crippen LogP contribution < -0.4 is 0 Å². The Balaban J connectivity index is 2.02. The molecule has 3 unspecified atom stereocenters. The van der Waals surface area contributed by atoms with Gasteiger partial charge < -0.3 is 0 Å². The summed E-state index contributed by atoms with van der Waals surface area (Å²) in [4.78, 5) is 13.7. The fourth-order valence-electron chi connectivity index (χ4n) is 3.70. The van der Waals surface area contributed by atoms with Crippen LogP contribution in [-0.4, -0.2) is 49.2 Å². The molecule has 4 nitrogen and oxygen atoms in total. The Morgan fingerprint density at radius 2 is 1.95 bits per heavy atom. The minimum atomic E-state index is -2.92. The Kier molecular flexibility index (Phi) is 4.66. The first-order valence-corrected chi connectivity index (χ1v) is 9.27. The lowest BCUT2D eigenvalue weighted by molar-refractivity contribution is -0.118. The number of Topliss-reactive ketones (excluding diaryl/α,β-unsaturated/α-hetero) is 1. The van der Waals surface area contributed by atoms with Crippen molar-refractivity contribution >= 4 is 15.6 Å². The highest BCUT2D eigenvalue weighted by Crippen LogP contribution is 2.32. The highest BCUT2D eigenvalue weighted by molar-refractivity contribution is 7.91. The molecule has 2 fully saturated rings. The van der Waals surface area contributed by atoms with Gasteiger partial charge in [0.05, 0.1) is 5.25 Å². The molecule has 1 heterocycles. The third-order valence-electron chi connectivity index (χ3n) is 4.62. The van der Waals surface area contributed by atoms with Crippen LogP contribution in [-0.2, 0) is 14.6 Å². The fraction of sp³-hybridized carbons (Fsp3) is 0.929. The third kappa shape index (κ3) is 3.78. The standard InChI is InChI=1S/C14H25NO3S/c1-11(16)9-12-6-4-8-15(12)13-5-3-7-14(10-13)19(2,17)18/h12-14H,3-10H2,1-2H3. The molecule has 0 amide bonds. The van der Waals surface area contributed by atoms with Crippen LogP contribution in [0.5, 0.6) is 0 Å². The van der Waals surface area contributed by atoms with Crippen LogP contribution in [0.25, 0.3) is 0 Å². The number of hydrogen-bond donors (Lipinski definition) is 0. The second-order valence-corrected chi connectivity index (χ2v) is 8.54. The van der Waals surface area contributed by atoms with Gasteiger partial charge in [0, 0.05) is 24.8 Å². The highest BCUT2D eigenvalue weighted by atomic mass is 32.2. The Morgan fingerprint density at radius 1 is 1.21 bits per heavy atom. The van der Waals surface area contributed by atoms with Gasteiger partial charge >= 0.3 is 0 Å². The van der Waals surface area contributed by atoms with E-state index in [4.69, 9.17) is 0 Å². The van der Waals surface area contributed by atoms with E-state index in [1.807, 2.05) is 0 Å². The van der Waals surface area contributed by atoms with E-state index in [-0.39, 0.29) is 11.0 Å². The predicted molar refractivity (Wildman–Crippen MR) is 75.9 cm³/mol. The molecule has 0 radical (unpaired) electrons. The Hall–Kier alpha value is -0.420. The van der Waals surface area contributed by atoms with E-state index in [0.717, 1.165) is 45.1 Å². The summed E-state index contributed by atoms with van der Waals surface area (Å²) in [5.74, 6) is 0.243. The van der Waals surface area contributed by atoms with Crippen molar-refractivity contribution in [1.29, 1.82) is 0 Å². The van der Waals surface area contributed by atoms with E-state index < -0.39 is 9.84 Å². The van der Waals surface area contributed by atoms with Gasteiger partial charge in [-0.1, -0.05) is 6.42 Å². The quantitative estimate of drug-likeness (QED) is 0.791. The maximum Gasteiger partial charge on any atom is 0.150 e. The maximum atomic E-state index is 11.7. The number of ketones is 1. The molecule has 2 aliphatic rings. The molecule has 2 rings (SSSR count). The molecular weight excluding hydrogens is 262 g/mol. The number of carbonyl (C=O) groups excluding carboxylic acids is 1. The number of likely N-dealkylation sites (tertiary alicyclic amines) is 1. The maximum absolute atomic E-state index is 11.7. The smallest absolute Gasteiger partial charge is 0.150 e. The minimum Gasteiger partial charge on any atom is -0.300 e. The molecule has 0 bridgehead atoms. The van der Waals surface area contributed by atoms with Crippen molar-refractivity contribution in [3.8, 4) is 0 Å². The number of carbonyl (C=O) groups is 1. The molecule has 110 valence electrons. The van der Waals surface area contributed by atoms with Gasteiger partial charge in [-0.3, -0.25) is 9.69 Å². The number of sulfone groups is 1. The number of nitrogens with zero attached hydrogens (tertiary/aromatic N) is 1. The van der Waals surface area contributed by atoms with Crippen LogP contribution in [0, 0.1) is 0 Å². The van der Waals surface area contributed by atoms with E-state index >= 15 is 0 Å². The molecular formula is C14H25NO3S. The van der Waals surface area contributed by atoms with Crippen molar-refractivity contribution < 1.29 is 13.2 Å². The van der Waals surface area contributed by atoms with Crippen LogP contribution in [0.3, 0.4) is 0 Å². The normalized spacial score (nSPS) is 33.5. The first-order chi connectivity index (χ1) is 8.88. The van der Waals surface area contributed by atoms with Crippen LogP contribution in [0.2, 0.25) is 0 Å². The lowest BCUT2D eigenvalue weighted by Crippen LogP contribution is -2.44. The fourth-order valence-corrected chi connectivity index (χ4v) is 4.87. The third-order valence-corrected chi connectivity index (χ3v) is 6.26. The first kappa shape index (κ1) is 15.0. The topological polar surface area (TPSA) is 54.5 Å². The van der Waals surface area contributed by atoms with Crippen molar-refractivity contribution in [3.05, 3.63) is 0 Å². The average Bonchev–Trinajstić information content (AvgIpc) is 2.75. The zero-order valence-corrected chi connectivity index (χ0v) is 12.8. The minimum absolute atomic E-state index is 0.176. The Bertz CT molecular complexity index is 432. The molecule has 5 heteroatoms. The van der Waals surface area contributed by atoms with Crippen molar-refractivity contribution in [2.24, 2.45) is 0 Å². The van der Waals surface area contributed by atoms with Crippen LogP contribution >= 0.6 is 0 Å². The molecule has 1 aliphatic heterocycles. The molecule has 1 saturated heterocycles. The summed E-state index contributed by atoms with van der Waals surface area (Å²) in [6.07, 6.45) is 7.84. The van der Waals surface area contributed by atoms with E-state index in [2.05, 4.69) is 4.90 Å². The van der Waals surface area contributed by atoms with E-state index in [1.165, 1.54) is 6.26 Å². The molecule has 1 saturated carbocycles. The van der Waals surface area contributed by atoms with Gasteiger partial charge in [0.15, 0.2) is 0 Å². The summed E-state index contributed by atoms with van der Waals surface area (Å²) in [6, 6.07) is 0.709. The van der Waals surface area contributed by atoms with Crippen LogP contribution in [0.15, 0.2) is 0 Å². The summed E-state index contributed by atoms with van der Waals surface area (Å²) in [7, 11) is -2.92. The summed E-state index contributed by atoms with van der Waals surface area (Å²) >= 11 is 0. The molecule has 1 aliphatic carbocycles. The summed E-state index contributed by atoms with van der Waals surface area (Å²) < 4.78 is 23.5. The predicted octanol–water partition coefficient (Wildman–Crippen LogP) is 1.79. The monoisotopic (exact) mass is 287 g/mol. The van der Waals surface area contributed by atoms with Gasteiger partial charge in [0.1, 0.15) is 15.6 Å². The zero-order chi connectivity index (χ0) is 14.0. The van der Waals surface area contributed by atoms with Crippen molar-refractivity contribution in [2.75, 3.05) is 12.8 Å². The number of rotatable bonds is 4. The van der Waals surface area contributed by atoms with Gasteiger partial charge in [-0.05, 0) is 45.6 Å². The van der Waals surface area contributed by atoms with E-state index in [9.17, 15) is 13.2 Å². The Labute approximate surface area is 116 Å². The molecule has 0 aromatic heterocycles. The lowest BCUT2D eigenvalue weighted by Gasteiger charge is -2.37. The van der Waals surface area contributed by atoms with Gasteiger partial charge in [-0.25, -0.2) is 8.42 Å². The van der Waals surface area contributed by atoms with Gasteiger partial charge in [0.25, 0.3) is 0 Å². The second kappa shape index (κ2) is 5.92. The average molecular weight is 287 g/mol. The molecule has 19 heavy (non-hydrogen) atoms. The van der Waals surface area contributed by atoms with E-state index in [1.54, 1.807) is 6.92 Å². The molecule has 0 aromatic rings. The van der Waals surface area contributed by atoms with Crippen molar-refractivity contribution in [2.45, 2.75) is 69.2 Å². The molecule has 0 spiro atoms. The van der Waals surface area contributed by atoms with E-state index in [0.29, 0.717) is 18.5 Å². The van der Waals surface area contributed by atoms with Gasteiger partial charge in [-0.15, -0.1) is 0 Å². The lowest BCUT2D eigenvalue weighted by atomic mass is 9.92. The molecule has 3 atom stereocenters. The van der Waals surface area contributed by atoms with Crippen LogP contribution in [0.1, 0.15) is 51.9 Å². The number of hydrogen-bond acceptors (Lipinski definition) is 4. The van der Waals surface area contributed by atoms with Crippen molar-refractivity contribution in [1.82, 2.24) is 4.90 Å². The van der Waals surface area contributed by atoms with Gasteiger partial charge in [0.2, 0.25) is 0 Å². The molecule has 0 aromatic carbocycles. The Morgan fingerprint density at radius 3 is 2.58 bits per heavy atom. The largest absolute Gasteiger partial charge is 0.300 e. The highest BCUT2D eigenvalue weighted by Gasteiger charge is 2.36. The zero-order valence-electron chi connectivity index (χ0n) is 12.0. The molecule has 0 N–H and O–H groups in total. The van der Waals surface area contributed by atoms with Crippen molar-refractivity contribution in [3.63, 3.8) is 0 Å². The van der Waals surface area contributed by atoms with Crippen LogP contribution in [0.4, 0.5) is 0 Å². The van der Waals surface area contributed by atoms with Gasteiger partial charge in [-0.2, -0.15) is 0 Å². The SMILES string of the molecule is CC(=O)CC1CCCN1C1CCCC(S(C)(=O)=O)C1. The second-order valence-electron chi connectivity index (χ2n) is 6.21. The summed E-state index contributed by atoms with van der Waals surface area (Å²) in [5, 5.41) is -0.176.